The summed E-state index contributed by atoms with van der Waals surface area (Å²) in [5, 5.41) is 13.1. The molecular formula is C23H21FN4O3. The van der Waals surface area contributed by atoms with E-state index in [1.165, 1.54) is 35.0 Å². The molecule has 2 aromatic carbocycles. The van der Waals surface area contributed by atoms with Crippen LogP contribution < -0.4 is 0 Å². The third-order valence-electron chi connectivity index (χ3n) is 4.63. The largest absolute Gasteiger partial charge is 0.452 e. The normalized spacial score (nSPS) is 10.4. The van der Waals surface area contributed by atoms with Crippen LogP contribution in [0.3, 0.4) is 0 Å². The van der Waals surface area contributed by atoms with Gasteiger partial charge in [-0.3, -0.25) is 4.79 Å². The molecule has 0 bridgehead atoms. The molecule has 158 valence electrons. The summed E-state index contributed by atoms with van der Waals surface area (Å²) in [5.41, 5.74) is 2.85. The van der Waals surface area contributed by atoms with E-state index in [0.717, 1.165) is 5.56 Å². The lowest BCUT2D eigenvalue weighted by atomic mass is 10.1. The molecule has 0 fully saturated rings. The van der Waals surface area contributed by atoms with Crippen molar-refractivity contribution < 1.29 is 18.7 Å². The predicted molar refractivity (Wildman–Crippen MR) is 112 cm³/mol. The Morgan fingerprint density at radius 2 is 1.97 bits per heavy atom. The lowest BCUT2D eigenvalue weighted by Crippen LogP contribution is -2.31. The highest BCUT2D eigenvalue weighted by Gasteiger charge is 2.21. The third kappa shape index (κ3) is 5.34. The molecular weight excluding hydrogens is 399 g/mol. The van der Waals surface area contributed by atoms with Crippen LogP contribution in [0.4, 0.5) is 4.39 Å². The van der Waals surface area contributed by atoms with Crippen LogP contribution in [0.25, 0.3) is 16.9 Å². The van der Waals surface area contributed by atoms with Crippen molar-refractivity contribution in [3.8, 4) is 23.0 Å². The molecule has 0 N–H and O–H groups in total. The van der Waals surface area contributed by atoms with E-state index in [1.807, 2.05) is 37.3 Å². The van der Waals surface area contributed by atoms with E-state index < -0.39 is 18.5 Å². The summed E-state index contributed by atoms with van der Waals surface area (Å²) in [4.78, 5) is 26.3. The van der Waals surface area contributed by atoms with Crippen LogP contribution in [-0.4, -0.2) is 46.8 Å². The van der Waals surface area contributed by atoms with Crippen LogP contribution in [0.15, 0.2) is 54.7 Å². The van der Waals surface area contributed by atoms with E-state index in [-0.39, 0.29) is 24.3 Å². The van der Waals surface area contributed by atoms with Crippen LogP contribution in [0, 0.1) is 24.1 Å². The summed E-state index contributed by atoms with van der Waals surface area (Å²) in [7, 11) is 1.54. The zero-order valence-corrected chi connectivity index (χ0v) is 17.2. The average molecular weight is 420 g/mol. The second-order valence-electron chi connectivity index (χ2n) is 6.98. The van der Waals surface area contributed by atoms with E-state index in [0.29, 0.717) is 16.9 Å². The predicted octanol–water partition coefficient (Wildman–Crippen LogP) is 3.52. The van der Waals surface area contributed by atoms with Gasteiger partial charge in [0.05, 0.1) is 18.2 Å². The number of ether oxygens (including phenoxy) is 1. The van der Waals surface area contributed by atoms with Gasteiger partial charge in [-0.1, -0.05) is 23.8 Å². The van der Waals surface area contributed by atoms with Crippen LogP contribution in [0.1, 0.15) is 22.3 Å². The first-order valence-electron chi connectivity index (χ1n) is 9.59. The van der Waals surface area contributed by atoms with Crippen molar-refractivity contribution in [2.24, 2.45) is 0 Å². The SMILES string of the molecule is Cc1cccc(-c2nn(-c3ccc(F)cc3)cc2C(=O)OCC(=O)N(C)CCC#N)c1. The fourth-order valence-electron chi connectivity index (χ4n) is 2.91. The maximum absolute atomic E-state index is 13.3. The molecule has 0 saturated carbocycles. The lowest BCUT2D eigenvalue weighted by molar-refractivity contribution is -0.133. The van der Waals surface area contributed by atoms with Crippen molar-refractivity contribution in [1.29, 1.82) is 5.26 Å². The smallest absolute Gasteiger partial charge is 0.342 e. The fourth-order valence-corrected chi connectivity index (χ4v) is 2.91. The average Bonchev–Trinajstić information content (AvgIpc) is 3.21. The van der Waals surface area contributed by atoms with Crippen molar-refractivity contribution in [2.75, 3.05) is 20.2 Å². The highest BCUT2D eigenvalue weighted by atomic mass is 19.1. The molecule has 0 unspecified atom stereocenters. The zero-order chi connectivity index (χ0) is 22.4. The number of carbonyl (C=O) groups is 2. The Kier molecular flexibility index (Phi) is 6.78. The molecule has 0 aliphatic carbocycles. The van der Waals surface area contributed by atoms with Gasteiger partial charge in [-0.15, -0.1) is 0 Å². The fraction of sp³-hybridized carbons (Fsp3) is 0.217. The molecule has 3 rings (SSSR count). The van der Waals surface area contributed by atoms with Gasteiger partial charge in [0.2, 0.25) is 0 Å². The topological polar surface area (TPSA) is 88.2 Å². The van der Waals surface area contributed by atoms with Crippen LogP contribution >= 0.6 is 0 Å². The Morgan fingerprint density at radius 1 is 1.23 bits per heavy atom. The number of benzene rings is 2. The third-order valence-corrected chi connectivity index (χ3v) is 4.63. The van der Waals surface area contributed by atoms with Crippen LogP contribution in [-0.2, 0) is 9.53 Å². The molecule has 1 aromatic heterocycles. The monoisotopic (exact) mass is 420 g/mol. The Labute approximate surface area is 179 Å². The Hall–Kier alpha value is -3.99. The quantitative estimate of drug-likeness (QED) is 0.546. The van der Waals surface area contributed by atoms with Gasteiger partial charge in [0, 0.05) is 25.4 Å². The summed E-state index contributed by atoms with van der Waals surface area (Å²) >= 11 is 0. The van der Waals surface area contributed by atoms with E-state index in [9.17, 15) is 14.0 Å². The molecule has 1 amide bonds. The van der Waals surface area contributed by atoms with Gasteiger partial charge in [0.25, 0.3) is 5.91 Å². The maximum Gasteiger partial charge on any atom is 0.342 e. The first-order valence-corrected chi connectivity index (χ1v) is 9.59. The highest BCUT2D eigenvalue weighted by Crippen LogP contribution is 2.25. The van der Waals surface area contributed by atoms with E-state index in [2.05, 4.69) is 5.10 Å². The van der Waals surface area contributed by atoms with Crippen molar-refractivity contribution in [3.05, 3.63) is 71.7 Å². The van der Waals surface area contributed by atoms with Crippen molar-refractivity contribution in [1.82, 2.24) is 14.7 Å². The minimum Gasteiger partial charge on any atom is -0.452 e. The van der Waals surface area contributed by atoms with Gasteiger partial charge < -0.3 is 9.64 Å². The van der Waals surface area contributed by atoms with Gasteiger partial charge in [-0.25, -0.2) is 13.9 Å². The van der Waals surface area contributed by atoms with Crippen molar-refractivity contribution in [2.45, 2.75) is 13.3 Å². The van der Waals surface area contributed by atoms with Crippen molar-refractivity contribution >= 4 is 11.9 Å². The number of aryl methyl sites for hydroxylation is 1. The summed E-state index contributed by atoms with van der Waals surface area (Å²) in [5.74, 6) is -1.49. The van der Waals surface area contributed by atoms with E-state index in [1.54, 1.807) is 12.1 Å². The second-order valence-corrected chi connectivity index (χ2v) is 6.98. The Balaban J connectivity index is 1.88. The minimum absolute atomic E-state index is 0.183. The molecule has 8 heteroatoms. The molecule has 0 radical (unpaired) electrons. The van der Waals surface area contributed by atoms with Crippen LogP contribution in [0.5, 0.6) is 0 Å². The number of esters is 1. The Morgan fingerprint density at radius 3 is 2.65 bits per heavy atom. The molecule has 0 spiro atoms. The van der Waals surface area contributed by atoms with Gasteiger partial charge in [0.15, 0.2) is 6.61 Å². The number of hydrogen-bond acceptors (Lipinski definition) is 5. The first-order chi connectivity index (χ1) is 14.9. The number of aromatic nitrogens is 2. The van der Waals surface area contributed by atoms with Gasteiger partial charge in [-0.2, -0.15) is 10.4 Å². The summed E-state index contributed by atoms with van der Waals surface area (Å²) < 4.78 is 20.0. The number of likely N-dealkylation sites (N-methyl/N-ethyl adjacent to an activating group) is 1. The van der Waals surface area contributed by atoms with E-state index >= 15 is 0 Å². The minimum atomic E-state index is -0.702. The summed E-state index contributed by atoms with van der Waals surface area (Å²) in [6.07, 6.45) is 1.69. The number of nitrogens with zero attached hydrogens (tertiary/aromatic N) is 4. The number of halogens is 1. The first kappa shape index (κ1) is 21.7. The molecule has 7 nitrogen and oxygen atoms in total. The summed E-state index contributed by atoms with van der Waals surface area (Å²) in [6, 6.07) is 15.1. The van der Waals surface area contributed by atoms with Gasteiger partial charge in [-0.05, 0) is 37.3 Å². The maximum atomic E-state index is 13.3. The molecule has 1 heterocycles. The second kappa shape index (κ2) is 9.67. The Bertz CT molecular complexity index is 1130. The number of amides is 1. The molecule has 31 heavy (non-hydrogen) atoms. The van der Waals surface area contributed by atoms with Gasteiger partial charge >= 0.3 is 5.97 Å². The highest BCUT2D eigenvalue weighted by molar-refractivity contribution is 5.97. The van der Waals surface area contributed by atoms with Gasteiger partial charge in [0.1, 0.15) is 17.1 Å². The number of carbonyl (C=O) groups excluding carboxylic acids is 2. The summed E-state index contributed by atoms with van der Waals surface area (Å²) in [6.45, 7) is 1.73. The molecule has 0 aliphatic heterocycles. The number of nitriles is 1. The molecule has 3 aromatic rings. The zero-order valence-electron chi connectivity index (χ0n) is 17.2. The standard InChI is InChI=1S/C23H21FN4O3/c1-16-5-3-6-17(13-16)22-20(14-28(26-22)19-9-7-18(24)8-10-19)23(30)31-15-21(29)27(2)12-4-11-25/h3,5-10,13-14H,4,12,15H2,1-2H3. The molecule has 0 aliphatic rings. The molecule has 0 atom stereocenters. The number of rotatable bonds is 7. The van der Waals surface area contributed by atoms with E-state index in [4.69, 9.17) is 10.00 Å². The lowest BCUT2D eigenvalue weighted by Gasteiger charge is -2.15. The van der Waals surface area contributed by atoms with Crippen molar-refractivity contribution in [3.63, 3.8) is 0 Å². The number of hydrogen-bond donors (Lipinski definition) is 0. The molecule has 0 saturated heterocycles. The van der Waals surface area contributed by atoms with Crippen LogP contribution in [0.2, 0.25) is 0 Å².